The van der Waals surface area contributed by atoms with Crippen molar-refractivity contribution in [2.24, 2.45) is 0 Å². The van der Waals surface area contributed by atoms with Crippen LogP contribution in [-0.2, 0) is 9.53 Å². The molecule has 0 aliphatic carbocycles. The van der Waals surface area contributed by atoms with E-state index in [4.69, 9.17) is 4.74 Å². The Labute approximate surface area is 116 Å². The summed E-state index contributed by atoms with van der Waals surface area (Å²) in [5.41, 5.74) is 1.32. The number of hydrogen-bond acceptors (Lipinski definition) is 3. The van der Waals surface area contributed by atoms with Gasteiger partial charge in [0.15, 0.2) is 0 Å². The summed E-state index contributed by atoms with van der Waals surface area (Å²) < 4.78 is 4.77. The van der Waals surface area contributed by atoms with Gasteiger partial charge in [0.1, 0.15) is 0 Å². The van der Waals surface area contributed by atoms with Gasteiger partial charge in [0.25, 0.3) is 0 Å². The number of esters is 1. The van der Waals surface area contributed by atoms with Crippen molar-refractivity contribution in [2.45, 2.75) is 45.1 Å². The van der Waals surface area contributed by atoms with Crippen LogP contribution in [0.2, 0.25) is 0 Å². The predicted molar refractivity (Wildman–Crippen MR) is 78.2 cm³/mol. The van der Waals surface area contributed by atoms with Crippen molar-refractivity contribution >= 4 is 5.97 Å². The summed E-state index contributed by atoms with van der Waals surface area (Å²) in [5, 5.41) is 3.43. The highest BCUT2D eigenvalue weighted by atomic mass is 16.5. The predicted octanol–water partition coefficient (Wildman–Crippen LogP) is 3.11. The lowest BCUT2D eigenvalue weighted by Gasteiger charge is -2.21. The topological polar surface area (TPSA) is 38.3 Å². The molecule has 0 heterocycles. The van der Waals surface area contributed by atoms with E-state index in [1.54, 1.807) is 0 Å². The van der Waals surface area contributed by atoms with E-state index >= 15 is 0 Å². The van der Waals surface area contributed by atoms with E-state index in [9.17, 15) is 4.79 Å². The molecule has 0 spiro atoms. The highest BCUT2D eigenvalue weighted by Gasteiger charge is 2.17. The average Bonchev–Trinajstić information content (AvgIpc) is 2.45. The maximum absolute atomic E-state index is 11.4. The third-order valence-corrected chi connectivity index (χ3v) is 3.33. The standard InChI is InChI=1S/C16H25NO2/c1-4-10-17-15(12-16(18)19-3)11-13(2)14-8-6-5-7-9-14/h5-9,13,15,17H,4,10-12H2,1-3H3. The molecule has 0 amide bonds. The van der Waals surface area contributed by atoms with Gasteiger partial charge in [-0.05, 0) is 30.9 Å². The zero-order valence-electron chi connectivity index (χ0n) is 12.2. The van der Waals surface area contributed by atoms with Gasteiger partial charge in [0.05, 0.1) is 13.5 Å². The van der Waals surface area contributed by atoms with Crippen molar-refractivity contribution in [2.75, 3.05) is 13.7 Å². The van der Waals surface area contributed by atoms with Crippen molar-refractivity contribution in [3.8, 4) is 0 Å². The number of carbonyl (C=O) groups is 1. The molecule has 0 radical (unpaired) electrons. The van der Waals surface area contributed by atoms with E-state index in [2.05, 4.69) is 43.4 Å². The van der Waals surface area contributed by atoms with Gasteiger partial charge in [-0.15, -0.1) is 0 Å². The first-order valence-electron chi connectivity index (χ1n) is 7.02. The Bertz CT molecular complexity index is 364. The molecule has 0 saturated carbocycles. The third kappa shape index (κ3) is 5.88. The summed E-state index contributed by atoms with van der Waals surface area (Å²) in [6, 6.07) is 10.6. The quantitative estimate of drug-likeness (QED) is 0.732. The van der Waals surface area contributed by atoms with Crippen LogP contribution in [0.5, 0.6) is 0 Å². The lowest BCUT2D eigenvalue weighted by molar-refractivity contribution is -0.141. The first kappa shape index (κ1) is 15.7. The average molecular weight is 263 g/mol. The number of carbonyl (C=O) groups excluding carboxylic acids is 1. The zero-order valence-corrected chi connectivity index (χ0v) is 12.2. The minimum Gasteiger partial charge on any atom is -0.469 e. The first-order chi connectivity index (χ1) is 9.17. The van der Waals surface area contributed by atoms with Crippen molar-refractivity contribution in [3.63, 3.8) is 0 Å². The van der Waals surface area contributed by atoms with Crippen LogP contribution in [0.15, 0.2) is 30.3 Å². The molecular formula is C16H25NO2. The third-order valence-electron chi connectivity index (χ3n) is 3.33. The molecule has 1 N–H and O–H groups in total. The van der Waals surface area contributed by atoms with Crippen molar-refractivity contribution in [3.05, 3.63) is 35.9 Å². The van der Waals surface area contributed by atoms with Gasteiger partial charge >= 0.3 is 5.97 Å². The fourth-order valence-corrected chi connectivity index (χ4v) is 2.22. The Balaban J connectivity index is 2.57. The van der Waals surface area contributed by atoms with Crippen LogP contribution >= 0.6 is 0 Å². The van der Waals surface area contributed by atoms with E-state index in [1.807, 2.05) is 6.07 Å². The number of nitrogens with one attached hydrogen (secondary N) is 1. The van der Waals surface area contributed by atoms with Crippen LogP contribution in [-0.4, -0.2) is 25.7 Å². The number of methoxy groups -OCH3 is 1. The summed E-state index contributed by atoms with van der Waals surface area (Å²) in [7, 11) is 1.44. The molecule has 0 saturated heterocycles. The highest BCUT2D eigenvalue weighted by Crippen LogP contribution is 2.21. The van der Waals surface area contributed by atoms with Crippen molar-refractivity contribution < 1.29 is 9.53 Å². The van der Waals surface area contributed by atoms with E-state index < -0.39 is 0 Å². The maximum atomic E-state index is 11.4. The lowest BCUT2D eigenvalue weighted by Crippen LogP contribution is -2.33. The summed E-state index contributed by atoms with van der Waals surface area (Å²) in [5.74, 6) is 0.286. The fourth-order valence-electron chi connectivity index (χ4n) is 2.22. The summed E-state index contributed by atoms with van der Waals surface area (Å²) in [4.78, 5) is 11.4. The summed E-state index contributed by atoms with van der Waals surface area (Å²) in [6.07, 6.45) is 2.45. The monoisotopic (exact) mass is 263 g/mol. The number of rotatable bonds is 8. The second-order valence-corrected chi connectivity index (χ2v) is 4.98. The molecule has 1 aromatic rings. The van der Waals surface area contributed by atoms with Gasteiger partial charge in [0.2, 0.25) is 0 Å². The van der Waals surface area contributed by atoms with Gasteiger partial charge < -0.3 is 10.1 Å². The van der Waals surface area contributed by atoms with E-state index in [0.29, 0.717) is 12.3 Å². The SMILES string of the molecule is CCCNC(CC(=O)OC)CC(C)c1ccccc1. The van der Waals surface area contributed by atoms with Crippen LogP contribution in [0.1, 0.15) is 44.6 Å². The maximum Gasteiger partial charge on any atom is 0.307 e. The largest absolute Gasteiger partial charge is 0.469 e. The van der Waals surface area contributed by atoms with Gasteiger partial charge in [-0.1, -0.05) is 44.2 Å². The molecule has 3 nitrogen and oxygen atoms in total. The highest BCUT2D eigenvalue weighted by molar-refractivity contribution is 5.69. The molecular weight excluding hydrogens is 238 g/mol. The molecule has 2 atom stereocenters. The summed E-state index contributed by atoms with van der Waals surface area (Å²) >= 11 is 0. The van der Waals surface area contributed by atoms with Crippen LogP contribution < -0.4 is 5.32 Å². The van der Waals surface area contributed by atoms with Crippen LogP contribution in [0.25, 0.3) is 0 Å². The second kappa shape index (κ2) is 8.70. The number of benzene rings is 1. The molecule has 2 unspecified atom stereocenters. The van der Waals surface area contributed by atoms with Crippen molar-refractivity contribution in [1.82, 2.24) is 5.32 Å². The molecule has 0 bridgehead atoms. The van der Waals surface area contributed by atoms with Crippen LogP contribution in [0.3, 0.4) is 0 Å². The molecule has 0 aliphatic rings. The molecule has 3 heteroatoms. The van der Waals surface area contributed by atoms with Gasteiger partial charge in [-0.3, -0.25) is 4.79 Å². The Hall–Kier alpha value is -1.35. The molecule has 1 aromatic carbocycles. The number of ether oxygens (including phenoxy) is 1. The van der Waals surface area contributed by atoms with Gasteiger partial charge in [-0.2, -0.15) is 0 Å². The van der Waals surface area contributed by atoms with E-state index in [-0.39, 0.29) is 12.0 Å². The Kier molecular flexibility index (Phi) is 7.19. The number of hydrogen-bond donors (Lipinski definition) is 1. The fraction of sp³-hybridized carbons (Fsp3) is 0.562. The Morgan fingerprint density at radius 2 is 2.00 bits per heavy atom. The molecule has 106 valence electrons. The smallest absolute Gasteiger partial charge is 0.307 e. The van der Waals surface area contributed by atoms with Gasteiger partial charge in [-0.25, -0.2) is 0 Å². The first-order valence-corrected chi connectivity index (χ1v) is 7.02. The van der Waals surface area contributed by atoms with E-state index in [0.717, 1.165) is 19.4 Å². The minimum atomic E-state index is -0.145. The molecule has 19 heavy (non-hydrogen) atoms. The molecule has 0 aliphatic heterocycles. The van der Waals surface area contributed by atoms with E-state index in [1.165, 1.54) is 12.7 Å². The normalized spacial score (nSPS) is 13.8. The molecule has 0 aromatic heterocycles. The molecule has 0 fully saturated rings. The molecule has 1 rings (SSSR count). The second-order valence-electron chi connectivity index (χ2n) is 4.98. The van der Waals surface area contributed by atoms with Crippen LogP contribution in [0.4, 0.5) is 0 Å². The lowest BCUT2D eigenvalue weighted by atomic mass is 9.92. The van der Waals surface area contributed by atoms with Crippen molar-refractivity contribution in [1.29, 1.82) is 0 Å². The zero-order chi connectivity index (χ0) is 14.1. The van der Waals surface area contributed by atoms with Gasteiger partial charge in [0, 0.05) is 6.04 Å². The Morgan fingerprint density at radius 1 is 1.32 bits per heavy atom. The summed E-state index contributed by atoms with van der Waals surface area (Å²) in [6.45, 7) is 5.26. The van der Waals surface area contributed by atoms with Crippen LogP contribution in [0, 0.1) is 0 Å². The Morgan fingerprint density at radius 3 is 2.58 bits per heavy atom. The minimum absolute atomic E-state index is 0.145.